The average molecular weight is 263 g/mol. The van der Waals surface area contributed by atoms with Crippen LogP contribution in [-0.2, 0) is 4.79 Å². The van der Waals surface area contributed by atoms with Crippen LogP contribution in [0.15, 0.2) is 18.3 Å². The fraction of sp³-hybridized carbons (Fsp3) is 0.462. The van der Waals surface area contributed by atoms with Crippen molar-refractivity contribution >= 4 is 17.7 Å². The van der Waals surface area contributed by atoms with E-state index < -0.39 is 17.3 Å². The number of carboxylic acids is 1. The van der Waals surface area contributed by atoms with Crippen molar-refractivity contribution in [2.24, 2.45) is 11.1 Å². The van der Waals surface area contributed by atoms with Gasteiger partial charge < -0.3 is 15.7 Å². The molecule has 1 aliphatic heterocycles. The number of carbonyl (C=O) groups excluding carboxylic acids is 1. The van der Waals surface area contributed by atoms with Crippen molar-refractivity contribution in [2.45, 2.75) is 19.8 Å². The zero-order valence-electron chi connectivity index (χ0n) is 10.8. The summed E-state index contributed by atoms with van der Waals surface area (Å²) in [4.78, 5) is 28.5. The van der Waals surface area contributed by atoms with Gasteiger partial charge in [0.2, 0.25) is 5.91 Å². The van der Waals surface area contributed by atoms with Gasteiger partial charge in [-0.05, 0) is 31.9 Å². The number of amides is 1. The molecule has 1 aromatic heterocycles. The van der Waals surface area contributed by atoms with Crippen molar-refractivity contribution in [2.75, 3.05) is 18.0 Å². The highest BCUT2D eigenvalue weighted by molar-refractivity contribution is 5.93. The molecule has 6 nitrogen and oxygen atoms in total. The Morgan fingerprint density at radius 2 is 2.26 bits per heavy atom. The molecule has 0 radical (unpaired) electrons. The van der Waals surface area contributed by atoms with Crippen molar-refractivity contribution in [3.63, 3.8) is 0 Å². The van der Waals surface area contributed by atoms with Gasteiger partial charge in [-0.1, -0.05) is 0 Å². The molecule has 2 rings (SSSR count). The van der Waals surface area contributed by atoms with Crippen LogP contribution < -0.4 is 10.6 Å². The van der Waals surface area contributed by atoms with Crippen LogP contribution in [-0.4, -0.2) is 35.1 Å². The molecule has 0 bridgehead atoms. The molecule has 6 heteroatoms. The van der Waals surface area contributed by atoms with Crippen molar-refractivity contribution in [3.05, 3.63) is 23.9 Å². The van der Waals surface area contributed by atoms with Crippen LogP contribution in [0.25, 0.3) is 0 Å². The van der Waals surface area contributed by atoms with Gasteiger partial charge in [-0.2, -0.15) is 0 Å². The Hall–Kier alpha value is -2.11. The summed E-state index contributed by atoms with van der Waals surface area (Å²) in [5.74, 6) is -0.714. The molecule has 0 aromatic carbocycles. The lowest BCUT2D eigenvalue weighted by Crippen LogP contribution is -2.46. The largest absolute Gasteiger partial charge is 0.481 e. The molecule has 1 amide bonds. The number of nitrogens with zero attached hydrogens (tertiary/aromatic N) is 2. The number of anilines is 1. The number of carboxylic acid groups (broad SMARTS) is 1. The maximum absolute atomic E-state index is 11.3. The summed E-state index contributed by atoms with van der Waals surface area (Å²) in [6.45, 7) is 2.86. The number of piperidine rings is 1. The van der Waals surface area contributed by atoms with Gasteiger partial charge in [0.15, 0.2) is 0 Å². The van der Waals surface area contributed by atoms with Crippen LogP contribution in [0.4, 0.5) is 5.82 Å². The van der Waals surface area contributed by atoms with Gasteiger partial charge >= 0.3 is 5.97 Å². The van der Waals surface area contributed by atoms with Crippen molar-refractivity contribution < 1.29 is 14.7 Å². The van der Waals surface area contributed by atoms with E-state index in [1.807, 2.05) is 4.90 Å². The summed E-state index contributed by atoms with van der Waals surface area (Å²) in [5, 5.41) is 9.28. The van der Waals surface area contributed by atoms with Crippen molar-refractivity contribution in [3.8, 4) is 0 Å². The molecule has 102 valence electrons. The van der Waals surface area contributed by atoms with Crippen LogP contribution in [0.5, 0.6) is 0 Å². The lowest BCUT2D eigenvalue weighted by atomic mass is 9.82. The number of carbonyl (C=O) groups is 2. The second kappa shape index (κ2) is 4.87. The minimum absolute atomic E-state index is 0.382. The average Bonchev–Trinajstić information content (AvgIpc) is 2.39. The minimum atomic E-state index is -0.803. The topological polar surface area (TPSA) is 96.5 Å². The molecule has 0 aliphatic carbocycles. The van der Waals surface area contributed by atoms with Crippen LogP contribution in [0.3, 0.4) is 0 Å². The Kier molecular flexibility index (Phi) is 3.42. The van der Waals surface area contributed by atoms with Crippen LogP contribution >= 0.6 is 0 Å². The highest BCUT2D eigenvalue weighted by atomic mass is 16.4. The molecule has 2 heterocycles. The number of pyridine rings is 1. The number of aliphatic carboxylic acids is 1. The fourth-order valence-corrected chi connectivity index (χ4v) is 2.35. The second-order valence-corrected chi connectivity index (χ2v) is 5.16. The van der Waals surface area contributed by atoms with E-state index in [-0.39, 0.29) is 0 Å². The zero-order chi connectivity index (χ0) is 14.0. The first-order chi connectivity index (χ1) is 8.92. The lowest BCUT2D eigenvalue weighted by Gasteiger charge is -2.38. The van der Waals surface area contributed by atoms with Gasteiger partial charge in [0.05, 0.1) is 5.41 Å². The molecule has 1 unspecified atom stereocenters. The molecule has 0 saturated carbocycles. The summed E-state index contributed by atoms with van der Waals surface area (Å²) >= 11 is 0. The molecule has 1 saturated heterocycles. The summed E-state index contributed by atoms with van der Waals surface area (Å²) in [6, 6.07) is 3.15. The Morgan fingerprint density at radius 3 is 2.89 bits per heavy atom. The number of nitrogens with two attached hydrogens (primary N) is 1. The van der Waals surface area contributed by atoms with Gasteiger partial charge in [0, 0.05) is 24.8 Å². The predicted molar refractivity (Wildman–Crippen MR) is 69.9 cm³/mol. The third-order valence-electron chi connectivity index (χ3n) is 3.57. The summed E-state index contributed by atoms with van der Waals surface area (Å²) in [6.07, 6.45) is 2.95. The first kappa shape index (κ1) is 13.3. The van der Waals surface area contributed by atoms with Crippen LogP contribution in [0, 0.1) is 5.41 Å². The van der Waals surface area contributed by atoms with E-state index in [0.29, 0.717) is 24.3 Å². The first-order valence-electron chi connectivity index (χ1n) is 6.16. The summed E-state index contributed by atoms with van der Waals surface area (Å²) in [5.41, 5.74) is 4.84. The highest BCUT2D eigenvalue weighted by Gasteiger charge is 2.38. The SMILES string of the molecule is CC1(C(=O)O)CCCN(c2cc(C(N)=O)ccn2)C1. The van der Waals surface area contributed by atoms with Gasteiger partial charge in [-0.15, -0.1) is 0 Å². The lowest BCUT2D eigenvalue weighted by molar-refractivity contribution is -0.148. The molecule has 1 aromatic rings. The molecule has 1 fully saturated rings. The molecular weight excluding hydrogens is 246 g/mol. The standard InChI is InChI=1S/C13H17N3O3/c1-13(12(18)19)4-2-6-16(8-13)10-7-9(11(14)17)3-5-15-10/h3,5,7H,2,4,6,8H2,1H3,(H2,14,17)(H,18,19). The maximum Gasteiger partial charge on any atom is 0.311 e. The minimum Gasteiger partial charge on any atom is -0.481 e. The van der Waals surface area contributed by atoms with Crippen LogP contribution in [0.1, 0.15) is 30.1 Å². The molecule has 1 atom stereocenters. The quantitative estimate of drug-likeness (QED) is 0.843. The number of hydrogen-bond acceptors (Lipinski definition) is 4. The Bertz CT molecular complexity index is 518. The first-order valence-corrected chi connectivity index (χ1v) is 6.16. The molecule has 3 N–H and O–H groups in total. The van der Waals surface area contributed by atoms with E-state index >= 15 is 0 Å². The third kappa shape index (κ3) is 2.67. The van der Waals surface area contributed by atoms with E-state index in [0.717, 1.165) is 13.0 Å². The number of primary amides is 1. The van der Waals surface area contributed by atoms with Gasteiger partial charge in [-0.25, -0.2) is 4.98 Å². The normalized spacial score (nSPS) is 23.1. The van der Waals surface area contributed by atoms with E-state index in [4.69, 9.17) is 5.73 Å². The zero-order valence-corrected chi connectivity index (χ0v) is 10.8. The van der Waals surface area contributed by atoms with E-state index in [9.17, 15) is 14.7 Å². The monoisotopic (exact) mass is 263 g/mol. The van der Waals surface area contributed by atoms with Gasteiger partial charge in [-0.3, -0.25) is 9.59 Å². The number of hydrogen-bond donors (Lipinski definition) is 2. The molecule has 1 aliphatic rings. The fourth-order valence-electron chi connectivity index (χ4n) is 2.35. The van der Waals surface area contributed by atoms with Gasteiger partial charge in [0.1, 0.15) is 5.82 Å². The smallest absolute Gasteiger partial charge is 0.311 e. The summed E-state index contributed by atoms with van der Waals surface area (Å²) < 4.78 is 0. The highest BCUT2D eigenvalue weighted by Crippen LogP contribution is 2.31. The van der Waals surface area contributed by atoms with Crippen molar-refractivity contribution in [1.82, 2.24) is 4.98 Å². The third-order valence-corrected chi connectivity index (χ3v) is 3.57. The van der Waals surface area contributed by atoms with E-state index in [1.165, 1.54) is 6.20 Å². The van der Waals surface area contributed by atoms with Crippen LogP contribution in [0.2, 0.25) is 0 Å². The van der Waals surface area contributed by atoms with Gasteiger partial charge in [0.25, 0.3) is 0 Å². The van der Waals surface area contributed by atoms with E-state index in [2.05, 4.69) is 4.98 Å². The Morgan fingerprint density at radius 1 is 1.53 bits per heavy atom. The van der Waals surface area contributed by atoms with E-state index in [1.54, 1.807) is 19.1 Å². The Labute approximate surface area is 111 Å². The molecule has 19 heavy (non-hydrogen) atoms. The number of rotatable bonds is 3. The number of aromatic nitrogens is 1. The molecule has 0 spiro atoms. The second-order valence-electron chi connectivity index (χ2n) is 5.16. The summed E-state index contributed by atoms with van der Waals surface area (Å²) in [7, 11) is 0. The molecular formula is C13H17N3O3. The maximum atomic E-state index is 11.3. The predicted octanol–water partition coefficient (Wildman–Crippen LogP) is 0.872. The van der Waals surface area contributed by atoms with Crippen molar-refractivity contribution in [1.29, 1.82) is 0 Å². The Balaban J connectivity index is 2.24.